The van der Waals surface area contributed by atoms with Crippen molar-refractivity contribution in [2.75, 3.05) is 10.8 Å². The number of aryl methyl sites for hydroxylation is 2. The number of nitrogens with one attached hydrogen (secondary N) is 1. The van der Waals surface area contributed by atoms with E-state index in [0.29, 0.717) is 22.7 Å². The molecule has 2 atom stereocenters. The largest absolute Gasteiger partial charge is 0.352 e. The first kappa shape index (κ1) is 34.7. The fourth-order valence-electron chi connectivity index (χ4n) is 5.22. The Labute approximate surface area is 278 Å². The maximum Gasteiger partial charge on any atom is 0.264 e. The highest BCUT2D eigenvalue weighted by molar-refractivity contribution is 7.92. The molecule has 9 heteroatoms. The number of benzene rings is 4. The number of hydrogen-bond donors (Lipinski definition) is 1. The summed E-state index contributed by atoms with van der Waals surface area (Å²) < 4.78 is 29.7. The third-order valence-electron chi connectivity index (χ3n) is 8.10. The Bertz CT molecular complexity index is 1760. The van der Waals surface area contributed by atoms with Gasteiger partial charge in [0, 0.05) is 24.0 Å². The lowest BCUT2D eigenvalue weighted by atomic mass is 10.0. The Morgan fingerprint density at radius 1 is 0.826 bits per heavy atom. The highest BCUT2D eigenvalue weighted by Gasteiger charge is 2.35. The SMILES string of the molecule is CC[C@H](C)NC(=O)[C@@H](Cc1ccccc1)N(Cc1cccc(C)c1)C(=O)CN(c1cccc(Cl)c1C)S(=O)(=O)c1ccc(C)cc1. The Hall–Kier alpha value is -4.14. The first-order valence-corrected chi connectivity index (χ1v) is 17.3. The van der Waals surface area contributed by atoms with Crippen molar-refractivity contribution in [3.63, 3.8) is 0 Å². The van der Waals surface area contributed by atoms with Gasteiger partial charge in [-0.15, -0.1) is 0 Å². The molecule has 0 aliphatic heterocycles. The summed E-state index contributed by atoms with van der Waals surface area (Å²) in [7, 11) is -4.22. The molecule has 0 saturated carbocycles. The predicted molar refractivity (Wildman–Crippen MR) is 185 cm³/mol. The topological polar surface area (TPSA) is 86.8 Å². The average molecular weight is 660 g/mol. The Morgan fingerprint density at radius 2 is 1.48 bits per heavy atom. The van der Waals surface area contributed by atoms with E-state index in [4.69, 9.17) is 11.6 Å². The van der Waals surface area contributed by atoms with Crippen LogP contribution in [0.5, 0.6) is 0 Å². The van der Waals surface area contributed by atoms with E-state index in [0.717, 1.165) is 26.6 Å². The van der Waals surface area contributed by atoms with Crippen molar-refractivity contribution in [3.8, 4) is 0 Å². The van der Waals surface area contributed by atoms with Gasteiger partial charge < -0.3 is 10.2 Å². The summed E-state index contributed by atoms with van der Waals surface area (Å²) in [5, 5.41) is 3.44. The molecule has 7 nitrogen and oxygen atoms in total. The number of carbonyl (C=O) groups is 2. The van der Waals surface area contributed by atoms with Gasteiger partial charge in [-0.05, 0) is 75.1 Å². The van der Waals surface area contributed by atoms with Crippen molar-refractivity contribution in [2.45, 2.75) is 71.0 Å². The van der Waals surface area contributed by atoms with Crippen LogP contribution in [-0.4, -0.2) is 43.8 Å². The number of hydrogen-bond acceptors (Lipinski definition) is 4. The van der Waals surface area contributed by atoms with E-state index in [9.17, 15) is 18.0 Å². The van der Waals surface area contributed by atoms with Gasteiger partial charge in [-0.1, -0.05) is 102 Å². The van der Waals surface area contributed by atoms with Gasteiger partial charge in [0.15, 0.2) is 0 Å². The molecule has 0 spiro atoms. The van der Waals surface area contributed by atoms with Crippen molar-refractivity contribution in [3.05, 3.63) is 130 Å². The molecular weight excluding hydrogens is 618 g/mol. The van der Waals surface area contributed by atoms with Crippen LogP contribution in [0.15, 0.2) is 102 Å². The zero-order valence-electron chi connectivity index (χ0n) is 27.0. The van der Waals surface area contributed by atoms with Crippen molar-refractivity contribution in [1.29, 1.82) is 0 Å². The van der Waals surface area contributed by atoms with Crippen LogP contribution in [-0.2, 0) is 32.6 Å². The maximum atomic E-state index is 14.6. The van der Waals surface area contributed by atoms with Gasteiger partial charge in [-0.3, -0.25) is 13.9 Å². The van der Waals surface area contributed by atoms with E-state index in [1.807, 2.05) is 82.3 Å². The Kier molecular flexibility index (Phi) is 11.7. The predicted octanol–water partition coefficient (Wildman–Crippen LogP) is 7.02. The zero-order chi connectivity index (χ0) is 33.4. The maximum absolute atomic E-state index is 14.6. The van der Waals surface area contributed by atoms with Crippen LogP contribution in [0.25, 0.3) is 0 Å². The van der Waals surface area contributed by atoms with Gasteiger partial charge in [0.2, 0.25) is 11.8 Å². The number of halogens is 1. The Morgan fingerprint density at radius 3 is 2.13 bits per heavy atom. The molecule has 46 heavy (non-hydrogen) atoms. The summed E-state index contributed by atoms with van der Waals surface area (Å²) in [5.41, 5.74) is 4.43. The fraction of sp³-hybridized carbons (Fsp3) is 0.297. The van der Waals surface area contributed by atoms with Crippen molar-refractivity contribution < 1.29 is 18.0 Å². The number of carbonyl (C=O) groups excluding carboxylic acids is 2. The van der Waals surface area contributed by atoms with Gasteiger partial charge in [0.05, 0.1) is 10.6 Å². The molecule has 4 aromatic carbocycles. The minimum absolute atomic E-state index is 0.0471. The molecule has 0 fully saturated rings. The molecule has 242 valence electrons. The summed E-state index contributed by atoms with van der Waals surface area (Å²) >= 11 is 6.47. The molecule has 2 amide bonds. The van der Waals surface area contributed by atoms with E-state index in [-0.39, 0.29) is 29.8 Å². The van der Waals surface area contributed by atoms with Gasteiger partial charge in [-0.2, -0.15) is 0 Å². The van der Waals surface area contributed by atoms with Crippen LogP contribution in [0.3, 0.4) is 0 Å². The fourth-order valence-corrected chi connectivity index (χ4v) is 6.86. The van der Waals surface area contributed by atoms with Crippen LogP contribution in [0, 0.1) is 20.8 Å². The smallest absolute Gasteiger partial charge is 0.264 e. The van der Waals surface area contributed by atoms with E-state index in [1.54, 1.807) is 37.3 Å². The average Bonchev–Trinajstić information content (AvgIpc) is 3.03. The minimum atomic E-state index is -4.22. The number of anilines is 1. The lowest BCUT2D eigenvalue weighted by Crippen LogP contribution is -2.54. The molecule has 0 unspecified atom stereocenters. The van der Waals surface area contributed by atoms with Crippen molar-refractivity contribution in [1.82, 2.24) is 10.2 Å². The molecule has 0 aromatic heterocycles. The molecule has 0 radical (unpaired) electrons. The lowest BCUT2D eigenvalue weighted by molar-refractivity contribution is -0.140. The third kappa shape index (κ3) is 8.56. The van der Waals surface area contributed by atoms with Crippen LogP contribution >= 0.6 is 11.6 Å². The molecule has 4 aromatic rings. The zero-order valence-corrected chi connectivity index (χ0v) is 28.6. The summed E-state index contributed by atoms with van der Waals surface area (Å²) in [6.45, 7) is 9.03. The van der Waals surface area contributed by atoms with Crippen LogP contribution in [0.2, 0.25) is 5.02 Å². The second kappa shape index (κ2) is 15.4. The highest BCUT2D eigenvalue weighted by atomic mass is 35.5. The standard InChI is InChI=1S/C37H42ClN3O4S/c1-6-28(4)39-37(43)35(23-30-13-8-7-9-14-30)40(24-31-15-10-12-27(3)22-31)36(42)25-41(34-17-11-16-33(38)29(34)5)46(44,45)32-20-18-26(2)19-21-32/h7-22,28,35H,6,23-25H2,1-5H3,(H,39,43)/t28-,35+/m0/s1. The van der Waals surface area contributed by atoms with Crippen molar-refractivity contribution in [2.24, 2.45) is 0 Å². The third-order valence-corrected chi connectivity index (χ3v) is 10.3. The first-order valence-electron chi connectivity index (χ1n) is 15.4. The lowest BCUT2D eigenvalue weighted by Gasteiger charge is -2.34. The molecule has 0 heterocycles. The number of sulfonamides is 1. The normalized spacial score (nSPS) is 12.7. The quantitative estimate of drug-likeness (QED) is 0.167. The van der Waals surface area contributed by atoms with E-state index < -0.39 is 28.5 Å². The van der Waals surface area contributed by atoms with Crippen LogP contribution in [0.1, 0.15) is 48.1 Å². The molecule has 0 aliphatic rings. The molecular formula is C37H42ClN3O4S. The second-order valence-corrected chi connectivity index (χ2v) is 14.0. The molecule has 4 rings (SSSR count). The van der Waals surface area contributed by atoms with E-state index in [2.05, 4.69) is 5.32 Å². The second-order valence-electron chi connectivity index (χ2n) is 11.7. The molecule has 0 aliphatic carbocycles. The monoisotopic (exact) mass is 659 g/mol. The van der Waals surface area contributed by atoms with Crippen molar-refractivity contribution >= 4 is 39.1 Å². The van der Waals surface area contributed by atoms with Gasteiger partial charge >= 0.3 is 0 Å². The molecule has 0 bridgehead atoms. The Balaban J connectivity index is 1.84. The van der Waals surface area contributed by atoms with Gasteiger partial charge in [0.25, 0.3) is 10.0 Å². The summed E-state index contributed by atoms with van der Waals surface area (Å²) in [5.74, 6) is -0.817. The van der Waals surface area contributed by atoms with Crippen LogP contribution < -0.4 is 9.62 Å². The number of rotatable bonds is 13. The van der Waals surface area contributed by atoms with E-state index >= 15 is 0 Å². The number of amides is 2. The molecule has 0 saturated heterocycles. The highest BCUT2D eigenvalue weighted by Crippen LogP contribution is 2.31. The van der Waals surface area contributed by atoms with Gasteiger partial charge in [-0.25, -0.2) is 8.42 Å². The molecule has 1 N–H and O–H groups in total. The van der Waals surface area contributed by atoms with Crippen LogP contribution in [0.4, 0.5) is 5.69 Å². The minimum Gasteiger partial charge on any atom is -0.352 e. The summed E-state index contributed by atoms with van der Waals surface area (Å²) in [4.78, 5) is 30.2. The first-order chi connectivity index (χ1) is 21.9. The summed E-state index contributed by atoms with van der Waals surface area (Å²) in [6.07, 6.45) is 0.966. The van der Waals surface area contributed by atoms with Gasteiger partial charge in [0.1, 0.15) is 12.6 Å². The van der Waals surface area contributed by atoms with E-state index in [1.165, 1.54) is 17.0 Å². The summed E-state index contributed by atoms with van der Waals surface area (Å²) in [6, 6.07) is 27.7. The number of nitrogens with zero attached hydrogens (tertiary/aromatic N) is 2.